The van der Waals surface area contributed by atoms with Gasteiger partial charge in [-0.1, -0.05) is 6.92 Å². The molecule has 1 unspecified atom stereocenters. The van der Waals surface area contributed by atoms with Crippen molar-refractivity contribution in [1.29, 1.82) is 0 Å². The Kier molecular flexibility index (Phi) is 6.51. The summed E-state index contributed by atoms with van der Waals surface area (Å²) in [6.07, 6.45) is 1.03. The second-order valence-electron chi connectivity index (χ2n) is 2.81. The van der Waals surface area contributed by atoms with Crippen LogP contribution < -0.4 is 5.32 Å². The van der Waals surface area contributed by atoms with Gasteiger partial charge in [-0.3, -0.25) is 0 Å². The quantitative estimate of drug-likeness (QED) is 0.592. The lowest BCUT2D eigenvalue weighted by Crippen LogP contribution is -2.40. The Morgan fingerprint density at radius 3 is 2.55 bits per heavy atom. The Hall–Kier alpha value is -0.120. The Bertz CT molecular complexity index is 88.2. The Labute approximate surface area is 68.8 Å². The van der Waals surface area contributed by atoms with Crippen LogP contribution in [0, 0.1) is 0 Å². The smallest absolute Gasteiger partial charge is 0.0615 e. The van der Waals surface area contributed by atoms with Crippen LogP contribution >= 0.6 is 0 Å². The minimum absolute atomic E-state index is 0.162. The van der Waals surface area contributed by atoms with Gasteiger partial charge in [-0.25, -0.2) is 0 Å². The van der Waals surface area contributed by atoms with Gasteiger partial charge in [0.15, 0.2) is 0 Å². The summed E-state index contributed by atoms with van der Waals surface area (Å²) in [7, 11) is 1.69. The number of rotatable bonds is 6. The number of nitrogens with one attached hydrogen (secondary N) is 1. The SMILES string of the molecule is CCC(COC)N[C@H](C)CO. The summed E-state index contributed by atoms with van der Waals surface area (Å²) in [5.41, 5.74) is 0. The van der Waals surface area contributed by atoms with Gasteiger partial charge in [0.1, 0.15) is 0 Å². The van der Waals surface area contributed by atoms with Crippen molar-refractivity contribution in [2.75, 3.05) is 20.3 Å². The van der Waals surface area contributed by atoms with E-state index in [0.717, 1.165) is 6.42 Å². The molecule has 0 rings (SSSR count). The van der Waals surface area contributed by atoms with Crippen LogP contribution in [0.3, 0.4) is 0 Å². The molecule has 0 bridgehead atoms. The second-order valence-corrected chi connectivity index (χ2v) is 2.81. The largest absolute Gasteiger partial charge is 0.395 e. The summed E-state index contributed by atoms with van der Waals surface area (Å²) in [5, 5.41) is 12.0. The van der Waals surface area contributed by atoms with Gasteiger partial charge < -0.3 is 15.2 Å². The van der Waals surface area contributed by atoms with Gasteiger partial charge in [0.05, 0.1) is 13.2 Å². The van der Waals surface area contributed by atoms with Gasteiger partial charge in [0.2, 0.25) is 0 Å². The minimum atomic E-state index is 0.162. The maximum Gasteiger partial charge on any atom is 0.0615 e. The molecule has 11 heavy (non-hydrogen) atoms. The normalized spacial score (nSPS) is 16.4. The van der Waals surface area contributed by atoms with Gasteiger partial charge in [-0.2, -0.15) is 0 Å². The fourth-order valence-corrected chi connectivity index (χ4v) is 0.940. The molecule has 0 aliphatic heterocycles. The molecule has 0 saturated carbocycles. The van der Waals surface area contributed by atoms with E-state index in [-0.39, 0.29) is 12.6 Å². The second kappa shape index (κ2) is 6.58. The molecule has 0 radical (unpaired) electrons. The first-order chi connectivity index (χ1) is 5.24. The first-order valence-corrected chi connectivity index (χ1v) is 4.10. The van der Waals surface area contributed by atoms with E-state index in [1.807, 2.05) is 6.92 Å². The molecule has 0 spiro atoms. The van der Waals surface area contributed by atoms with E-state index in [2.05, 4.69) is 12.2 Å². The van der Waals surface area contributed by atoms with E-state index in [0.29, 0.717) is 12.6 Å². The number of methoxy groups -OCH3 is 1. The van der Waals surface area contributed by atoms with Gasteiger partial charge >= 0.3 is 0 Å². The number of aliphatic hydroxyl groups excluding tert-OH is 1. The molecule has 3 heteroatoms. The third kappa shape index (κ3) is 5.18. The summed E-state index contributed by atoms with van der Waals surface area (Å²) < 4.78 is 5.00. The van der Waals surface area contributed by atoms with Gasteiger partial charge in [0.25, 0.3) is 0 Å². The van der Waals surface area contributed by atoms with Crippen LogP contribution in [0.2, 0.25) is 0 Å². The minimum Gasteiger partial charge on any atom is -0.395 e. The highest BCUT2D eigenvalue weighted by molar-refractivity contribution is 4.68. The van der Waals surface area contributed by atoms with Crippen LogP contribution in [0.25, 0.3) is 0 Å². The lowest BCUT2D eigenvalue weighted by Gasteiger charge is -2.19. The highest BCUT2D eigenvalue weighted by Crippen LogP contribution is 1.93. The van der Waals surface area contributed by atoms with Crippen molar-refractivity contribution in [3.05, 3.63) is 0 Å². The number of hydrogen-bond donors (Lipinski definition) is 2. The first kappa shape index (κ1) is 10.9. The molecule has 0 aliphatic rings. The van der Waals surface area contributed by atoms with E-state index in [1.165, 1.54) is 0 Å². The van der Waals surface area contributed by atoms with Crippen LogP contribution in [0.15, 0.2) is 0 Å². The van der Waals surface area contributed by atoms with Crippen molar-refractivity contribution in [2.45, 2.75) is 32.4 Å². The van der Waals surface area contributed by atoms with Crippen LogP contribution in [0.1, 0.15) is 20.3 Å². The van der Waals surface area contributed by atoms with Crippen LogP contribution in [0.5, 0.6) is 0 Å². The Balaban J connectivity index is 3.49. The number of hydrogen-bond acceptors (Lipinski definition) is 3. The molecular weight excluding hydrogens is 142 g/mol. The Morgan fingerprint density at radius 2 is 2.18 bits per heavy atom. The standard InChI is InChI=1S/C8H19NO2/c1-4-8(6-11-3)9-7(2)5-10/h7-10H,4-6H2,1-3H3/t7-,8?/m1/s1. The third-order valence-electron chi connectivity index (χ3n) is 1.65. The van der Waals surface area contributed by atoms with Gasteiger partial charge in [-0.05, 0) is 13.3 Å². The zero-order valence-corrected chi connectivity index (χ0v) is 7.63. The average Bonchev–Trinajstić information content (AvgIpc) is 2.03. The number of ether oxygens (including phenoxy) is 1. The molecule has 3 nitrogen and oxygen atoms in total. The van der Waals surface area contributed by atoms with Crippen molar-refractivity contribution in [3.8, 4) is 0 Å². The monoisotopic (exact) mass is 161 g/mol. The Morgan fingerprint density at radius 1 is 1.55 bits per heavy atom. The van der Waals surface area contributed by atoms with E-state index < -0.39 is 0 Å². The molecule has 0 aromatic heterocycles. The fourth-order valence-electron chi connectivity index (χ4n) is 0.940. The zero-order chi connectivity index (χ0) is 8.69. The van der Waals surface area contributed by atoms with E-state index in [1.54, 1.807) is 7.11 Å². The molecule has 0 fully saturated rings. The fraction of sp³-hybridized carbons (Fsp3) is 1.00. The average molecular weight is 161 g/mol. The molecule has 0 amide bonds. The molecule has 2 N–H and O–H groups in total. The molecule has 0 heterocycles. The van der Waals surface area contributed by atoms with E-state index >= 15 is 0 Å². The summed E-state index contributed by atoms with van der Waals surface area (Å²) in [5.74, 6) is 0. The lowest BCUT2D eigenvalue weighted by atomic mass is 10.2. The van der Waals surface area contributed by atoms with Crippen LogP contribution in [-0.2, 0) is 4.74 Å². The van der Waals surface area contributed by atoms with E-state index in [9.17, 15) is 0 Å². The molecule has 2 atom stereocenters. The van der Waals surface area contributed by atoms with Crippen molar-refractivity contribution < 1.29 is 9.84 Å². The molecular formula is C8H19NO2. The van der Waals surface area contributed by atoms with Crippen molar-refractivity contribution >= 4 is 0 Å². The summed E-state index contributed by atoms with van der Waals surface area (Å²) in [4.78, 5) is 0. The van der Waals surface area contributed by atoms with Gasteiger partial charge in [0, 0.05) is 19.2 Å². The zero-order valence-electron chi connectivity index (χ0n) is 7.63. The van der Waals surface area contributed by atoms with Crippen LogP contribution in [0.4, 0.5) is 0 Å². The summed E-state index contributed by atoms with van der Waals surface area (Å²) in [6, 6.07) is 0.525. The van der Waals surface area contributed by atoms with Crippen molar-refractivity contribution in [2.24, 2.45) is 0 Å². The third-order valence-corrected chi connectivity index (χ3v) is 1.65. The summed E-state index contributed by atoms with van der Waals surface area (Å²) >= 11 is 0. The van der Waals surface area contributed by atoms with Gasteiger partial charge in [-0.15, -0.1) is 0 Å². The van der Waals surface area contributed by atoms with Crippen molar-refractivity contribution in [1.82, 2.24) is 5.32 Å². The molecule has 0 aromatic rings. The first-order valence-electron chi connectivity index (χ1n) is 4.10. The topological polar surface area (TPSA) is 41.5 Å². The molecule has 0 aromatic carbocycles. The highest BCUT2D eigenvalue weighted by Gasteiger charge is 2.07. The molecule has 0 saturated heterocycles. The van der Waals surface area contributed by atoms with Crippen LogP contribution in [-0.4, -0.2) is 37.5 Å². The predicted molar refractivity (Wildman–Crippen MR) is 45.6 cm³/mol. The predicted octanol–water partition coefficient (Wildman–Crippen LogP) is 0.382. The maximum absolute atomic E-state index is 8.74. The molecule has 68 valence electrons. The number of aliphatic hydroxyl groups is 1. The van der Waals surface area contributed by atoms with E-state index in [4.69, 9.17) is 9.84 Å². The molecule has 0 aliphatic carbocycles. The summed E-state index contributed by atoms with van der Waals surface area (Å²) in [6.45, 7) is 4.94. The van der Waals surface area contributed by atoms with Crippen molar-refractivity contribution in [3.63, 3.8) is 0 Å². The highest BCUT2D eigenvalue weighted by atomic mass is 16.5. The lowest BCUT2D eigenvalue weighted by molar-refractivity contribution is 0.149. The maximum atomic E-state index is 8.74.